The van der Waals surface area contributed by atoms with E-state index in [1.165, 1.54) is 0 Å². The highest BCUT2D eigenvalue weighted by Crippen LogP contribution is 2.12. The lowest BCUT2D eigenvalue weighted by Crippen LogP contribution is -2.33. The van der Waals surface area contributed by atoms with E-state index in [9.17, 15) is 16.8 Å². The fourth-order valence-corrected chi connectivity index (χ4v) is 1.83. The minimum atomic E-state index is -4.18. The summed E-state index contributed by atoms with van der Waals surface area (Å²) in [6, 6.07) is 8.26. The molecule has 9 nitrogen and oxygen atoms in total. The summed E-state index contributed by atoms with van der Waals surface area (Å²) in [6.07, 6.45) is -1.03. The van der Waals surface area contributed by atoms with Gasteiger partial charge in [-0.15, -0.1) is 0 Å². The Hall–Kier alpha value is -1.24. The van der Waals surface area contributed by atoms with E-state index in [-0.39, 0.29) is 0 Å². The molecule has 0 unspecified atom stereocenters. The summed E-state index contributed by atoms with van der Waals surface area (Å²) in [5.41, 5.74) is 0. The Labute approximate surface area is 116 Å². The summed E-state index contributed by atoms with van der Waals surface area (Å²) in [7, 11) is -8.36. The van der Waals surface area contributed by atoms with Crippen LogP contribution in [0, 0.1) is 0 Å². The Morgan fingerprint density at radius 3 is 1.75 bits per heavy atom. The average Bonchev–Trinajstić information content (AvgIpc) is 2.32. The summed E-state index contributed by atoms with van der Waals surface area (Å²) in [6.45, 7) is -1.05. The molecule has 0 atom stereocenters. The lowest BCUT2D eigenvalue weighted by Gasteiger charge is -2.17. The molecule has 0 aromatic heterocycles. The van der Waals surface area contributed by atoms with E-state index < -0.39 is 39.9 Å². The first-order chi connectivity index (χ1) is 9.16. The van der Waals surface area contributed by atoms with Gasteiger partial charge in [-0.2, -0.15) is 16.8 Å². The van der Waals surface area contributed by atoms with Crippen molar-refractivity contribution in [1.82, 2.24) is 0 Å². The van der Waals surface area contributed by atoms with E-state index in [0.29, 0.717) is 5.75 Å². The molecule has 0 aliphatic rings. The van der Waals surface area contributed by atoms with Crippen molar-refractivity contribution in [2.45, 2.75) is 6.10 Å². The number of ether oxygens (including phenoxy) is 1. The molecule has 20 heavy (non-hydrogen) atoms. The van der Waals surface area contributed by atoms with Crippen LogP contribution in [-0.2, 0) is 29.0 Å². The predicted molar refractivity (Wildman–Crippen MR) is 69.0 cm³/mol. The second-order valence-corrected chi connectivity index (χ2v) is 6.05. The standard InChI is InChI=1S/C9H14N2O7S2/c10-19(12,13)16-6-9(7-17-20(11,14)15)18-8-4-2-1-3-5-8/h1-5,9H,6-7H2,(H2,10,12,13)(H2,11,14,15). The number of hydrogen-bond donors (Lipinski definition) is 2. The van der Waals surface area contributed by atoms with Crippen LogP contribution in [0.3, 0.4) is 0 Å². The first-order valence-electron chi connectivity index (χ1n) is 5.22. The van der Waals surface area contributed by atoms with Crippen molar-refractivity contribution < 1.29 is 29.9 Å². The zero-order chi connectivity index (χ0) is 15.2. The van der Waals surface area contributed by atoms with Gasteiger partial charge in [0.2, 0.25) is 0 Å². The summed E-state index contributed by atoms with van der Waals surface area (Å²) in [5, 5.41) is 9.34. The fourth-order valence-electron chi connectivity index (χ4n) is 1.15. The summed E-state index contributed by atoms with van der Waals surface area (Å²) < 4.78 is 56.8. The van der Waals surface area contributed by atoms with Crippen LogP contribution in [0.1, 0.15) is 0 Å². The topological polar surface area (TPSA) is 148 Å². The van der Waals surface area contributed by atoms with Crippen LogP contribution in [0.2, 0.25) is 0 Å². The molecular weight excluding hydrogens is 312 g/mol. The predicted octanol–water partition coefficient (Wildman–Crippen LogP) is -1.13. The second-order valence-electron chi connectivity index (χ2n) is 3.61. The van der Waals surface area contributed by atoms with Gasteiger partial charge in [-0.05, 0) is 12.1 Å². The van der Waals surface area contributed by atoms with E-state index in [1.807, 2.05) is 0 Å². The molecule has 0 aliphatic carbocycles. The zero-order valence-corrected chi connectivity index (χ0v) is 11.8. The molecule has 1 aromatic rings. The molecule has 1 rings (SSSR count). The Kier molecular flexibility index (Phi) is 5.86. The largest absolute Gasteiger partial charge is 0.485 e. The molecule has 1 aromatic carbocycles. The van der Waals surface area contributed by atoms with Crippen LogP contribution in [0.4, 0.5) is 0 Å². The number of nitrogens with two attached hydrogens (primary N) is 2. The zero-order valence-electron chi connectivity index (χ0n) is 10.2. The van der Waals surface area contributed by atoms with Crippen LogP contribution in [0.25, 0.3) is 0 Å². The molecular formula is C9H14N2O7S2. The van der Waals surface area contributed by atoms with Gasteiger partial charge in [0.05, 0.1) is 0 Å². The minimum Gasteiger partial charge on any atom is -0.485 e. The lowest BCUT2D eigenvalue weighted by atomic mass is 10.3. The Bertz CT molecular complexity index is 579. The smallest absolute Gasteiger partial charge is 0.333 e. The van der Waals surface area contributed by atoms with Crippen molar-refractivity contribution in [2.24, 2.45) is 10.3 Å². The third-order valence-corrected chi connectivity index (χ3v) is 2.81. The van der Waals surface area contributed by atoms with Crippen molar-refractivity contribution in [3.05, 3.63) is 30.3 Å². The van der Waals surface area contributed by atoms with Gasteiger partial charge in [-0.1, -0.05) is 18.2 Å². The molecule has 4 N–H and O–H groups in total. The van der Waals surface area contributed by atoms with Gasteiger partial charge < -0.3 is 4.74 Å². The third kappa shape index (κ3) is 8.04. The Balaban J connectivity index is 2.68. The number of rotatable bonds is 8. The van der Waals surface area contributed by atoms with Crippen LogP contribution in [0.5, 0.6) is 5.75 Å². The molecule has 0 saturated heterocycles. The molecule has 0 amide bonds. The third-order valence-electron chi connectivity index (χ3n) is 1.88. The number of benzene rings is 1. The molecule has 0 bridgehead atoms. The maximum atomic E-state index is 10.7. The molecule has 0 spiro atoms. The number of para-hydroxylation sites is 1. The van der Waals surface area contributed by atoms with Crippen molar-refractivity contribution >= 4 is 20.6 Å². The van der Waals surface area contributed by atoms with E-state index in [2.05, 4.69) is 18.6 Å². The first-order valence-corrected chi connectivity index (χ1v) is 8.16. The highest BCUT2D eigenvalue weighted by Gasteiger charge is 2.18. The van der Waals surface area contributed by atoms with Gasteiger partial charge in [0.25, 0.3) is 0 Å². The maximum absolute atomic E-state index is 10.7. The van der Waals surface area contributed by atoms with Gasteiger partial charge in [0.15, 0.2) is 0 Å². The molecule has 0 fully saturated rings. The fraction of sp³-hybridized carbons (Fsp3) is 0.333. The molecule has 0 radical (unpaired) electrons. The van der Waals surface area contributed by atoms with Crippen LogP contribution in [-0.4, -0.2) is 36.2 Å². The van der Waals surface area contributed by atoms with Crippen molar-refractivity contribution in [1.29, 1.82) is 0 Å². The van der Waals surface area contributed by atoms with Gasteiger partial charge in [-0.3, -0.25) is 8.37 Å². The molecule has 11 heteroatoms. The monoisotopic (exact) mass is 326 g/mol. The van der Waals surface area contributed by atoms with Gasteiger partial charge in [-0.25, -0.2) is 10.3 Å². The average molecular weight is 326 g/mol. The molecule has 0 saturated carbocycles. The van der Waals surface area contributed by atoms with Crippen LogP contribution in [0.15, 0.2) is 30.3 Å². The lowest BCUT2D eigenvalue weighted by molar-refractivity contribution is 0.0861. The minimum absolute atomic E-state index is 0.369. The molecule has 0 heterocycles. The maximum Gasteiger partial charge on any atom is 0.333 e. The molecule has 114 valence electrons. The van der Waals surface area contributed by atoms with Gasteiger partial charge in [0.1, 0.15) is 25.1 Å². The van der Waals surface area contributed by atoms with E-state index in [1.54, 1.807) is 30.3 Å². The van der Waals surface area contributed by atoms with Crippen molar-refractivity contribution in [2.75, 3.05) is 13.2 Å². The Morgan fingerprint density at radius 2 is 1.35 bits per heavy atom. The normalized spacial score (nSPS) is 12.6. The van der Waals surface area contributed by atoms with Crippen LogP contribution >= 0.6 is 0 Å². The Morgan fingerprint density at radius 1 is 0.900 bits per heavy atom. The van der Waals surface area contributed by atoms with Gasteiger partial charge in [0, 0.05) is 0 Å². The first kappa shape index (κ1) is 16.8. The van der Waals surface area contributed by atoms with E-state index >= 15 is 0 Å². The summed E-state index contributed by atoms with van der Waals surface area (Å²) >= 11 is 0. The SMILES string of the molecule is NS(=O)(=O)OCC(COS(N)(=O)=O)Oc1ccccc1. The van der Waals surface area contributed by atoms with E-state index in [0.717, 1.165) is 0 Å². The van der Waals surface area contributed by atoms with Crippen molar-refractivity contribution in [3.8, 4) is 5.75 Å². The van der Waals surface area contributed by atoms with Crippen molar-refractivity contribution in [3.63, 3.8) is 0 Å². The van der Waals surface area contributed by atoms with Crippen LogP contribution < -0.4 is 15.0 Å². The summed E-state index contributed by atoms with van der Waals surface area (Å²) in [4.78, 5) is 0. The highest BCUT2D eigenvalue weighted by atomic mass is 32.2. The molecule has 0 aliphatic heterocycles. The number of hydrogen-bond acceptors (Lipinski definition) is 7. The quantitative estimate of drug-likeness (QED) is 0.614. The highest BCUT2D eigenvalue weighted by molar-refractivity contribution is 7.84. The van der Waals surface area contributed by atoms with E-state index in [4.69, 9.17) is 4.74 Å². The second kappa shape index (κ2) is 6.97. The summed E-state index contributed by atoms with van der Waals surface area (Å²) in [5.74, 6) is 0.369. The van der Waals surface area contributed by atoms with Gasteiger partial charge >= 0.3 is 20.6 Å².